The summed E-state index contributed by atoms with van der Waals surface area (Å²) in [5.41, 5.74) is 1.20. The van der Waals surface area contributed by atoms with E-state index in [-0.39, 0.29) is 5.41 Å². The van der Waals surface area contributed by atoms with E-state index in [1.54, 1.807) is 0 Å². The highest BCUT2D eigenvalue weighted by atomic mass is 16.2. The number of nitrogens with zero attached hydrogens (tertiary/aromatic N) is 1. The number of hydrogen-bond acceptors (Lipinski definition) is 2. The standard InChI is InChI=1S/C19H26N2O/c22-18(21-12-9-16-7-8-17(14-21)20-16)19(10-4-11-19)13-15-5-2-1-3-6-15/h1-3,5-6,16-17,20H,4,7-14H2. The monoisotopic (exact) mass is 298 g/mol. The summed E-state index contributed by atoms with van der Waals surface area (Å²) in [5.74, 6) is 0.428. The SMILES string of the molecule is O=C(N1CCC2CCC(C1)N2)C1(Cc2ccccc2)CCC1. The predicted octanol–water partition coefficient (Wildman–Crippen LogP) is 2.75. The van der Waals surface area contributed by atoms with Crippen LogP contribution in [0.4, 0.5) is 0 Å². The third-order valence-electron chi connectivity index (χ3n) is 5.96. The Morgan fingerprint density at radius 3 is 2.64 bits per heavy atom. The van der Waals surface area contributed by atoms with Crippen molar-refractivity contribution in [1.82, 2.24) is 10.2 Å². The van der Waals surface area contributed by atoms with E-state index in [1.165, 1.54) is 24.8 Å². The second-order valence-corrected chi connectivity index (χ2v) is 7.47. The highest BCUT2D eigenvalue weighted by molar-refractivity contribution is 5.84. The first-order chi connectivity index (χ1) is 10.8. The number of amides is 1. The molecule has 1 saturated carbocycles. The number of fused-ring (bicyclic) bond motifs is 2. The van der Waals surface area contributed by atoms with E-state index < -0.39 is 0 Å². The van der Waals surface area contributed by atoms with Crippen LogP contribution in [0.15, 0.2) is 30.3 Å². The number of hydrogen-bond donors (Lipinski definition) is 1. The molecule has 0 aromatic heterocycles. The summed E-state index contributed by atoms with van der Waals surface area (Å²) in [6.45, 7) is 1.87. The van der Waals surface area contributed by atoms with Gasteiger partial charge in [-0.3, -0.25) is 4.79 Å². The smallest absolute Gasteiger partial charge is 0.229 e. The molecule has 3 aliphatic rings. The molecule has 1 aliphatic carbocycles. The number of likely N-dealkylation sites (tertiary alicyclic amines) is 1. The zero-order valence-corrected chi connectivity index (χ0v) is 13.3. The Balaban J connectivity index is 1.50. The topological polar surface area (TPSA) is 32.3 Å². The van der Waals surface area contributed by atoms with Gasteiger partial charge in [0.2, 0.25) is 5.91 Å². The lowest BCUT2D eigenvalue weighted by atomic mass is 9.64. The molecule has 118 valence electrons. The van der Waals surface area contributed by atoms with Crippen LogP contribution < -0.4 is 5.32 Å². The lowest BCUT2D eigenvalue weighted by molar-refractivity contribution is -0.147. The zero-order chi connectivity index (χ0) is 15.0. The number of nitrogens with one attached hydrogen (secondary N) is 1. The molecule has 1 aromatic rings. The summed E-state index contributed by atoms with van der Waals surface area (Å²) < 4.78 is 0. The van der Waals surface area contributed by atoms with E-state index in [0.717, 1.165) is 38.8 Å². The molecule has 0 radical (unpaired) electrons. The van der Waals surface area contributed by atoms with E-state index in [2.05, 4.69) is 40.5 Å². The Kier molecular flexibility index (Phi) is 3.69. The molecule has 3 nitrogen and oxygen atoms in total. The molecule has 1 aromatic carbocycles. The molecule has 3 heteroatoms. The van der Waals surface area contributed by atoms with Crippen LogP contribution in [0.2, 0.25) is 0 Å². The van der Waals surface area contributed by atoms with Crippen molar-refractivity contribution in [1.29, 1.82) is 0 Å². The fourth-order valence-electron chi connectivity index (χ4n) is 4.52. The minimum atomic E-state index is -0.106. The highest BCUT2D eigenvalue weighted by Gasteiger charge is 2.47. The van der Waals surface area contributed by atoms with Crippen LogP contribution in [-0.2, 0) is 11.2 Å². The van der Waals surface area contributed by atoms with Crippen LogP contribution in [0, 0.1) is 5.41 Å². The van der Waals surface area contributed by atoms with Gasteiger partial charge in [0.1, 0.15) is 0 Å². The third-order valence-corrected chi connectivity index (χ3v) is 5.96. The molecule has 1 N–H and O–H groups in total. The summed E-state index contributed by atoms with van der Waals surface area (Å²) in [6, 6.07) is 11.7. The van der Waals surface area contributed by atoms with Gasteiger partial charge in [-0.1, -0.05) is 36.8 Å². The maximum absolute atomic E-state index is 13.2. The van der Waals surface area contributed by atoms with E-state index >= 15 is 0 Å². The van der Waals surface area contributed by atoms with Crippen LogP contribution in [0.5, 0.6) is 0 Å². The lowest BCUT2D eigenvalue weighted by Crippen LogP contribution is -2.51. The van der Waals surface area contributed by atoms with Crippen LogP contribution >= 0.6 is 0 Å². The first-order valence-corrected chi connectivity index (χ1v) is 8.85. The average molecular weight is 298 g/mol. The summed E-state index contributed by atoms with van der Waals surface area (Å²) in [4.78, 5) is 15.4. The number of carbonyl (C=O) groups is 1. The summed E-state index contributed by atoms with van der Waals surface area (Å²) in [6.07, 6.45) is 7.92. The molecule has 2 bridgehead atoms. The average Bonchev–Trinajstić information content (AvgIpc) is 2.83. The van der Waals surface area contributed by atoms with Gasteiger partial charge in [-0.05, 0) is 44.1 Å². The molecule has 2 atom stereocenters. The quantitative estimate of drug-likeness (QED) is 0.930. The zero-order valence-electron chi connectivity index (χ0n) is 13.3. The second-order valence-electron chi connectivity index (χ2n) is 7.47. The minimum absolute atomic E-state index is 0.106. The fourth-order valence-corrected chi connectivity index (χ4v) is 4.52. The molecule has 2 saturated heterocycles. The Morgan fingerprint density at radius 2 is 1.91 bits per heavy atom. The van der Waals surface area contributed by atoms with Crippen molar-refractivity contribution in [2.45, 2.75) is 57.0 Å². The molecular weight excluding hydrogens is 272 g/mol. The molecule has 4 rings (SSSR count). The predicted molar refractivity (Wildman–Crippen MR) is 87.6 cm³/mol. The van der Waals surface area contributed by atoms with Crippen molar-refractivity contribution in [2.24, 2.45) is 5.41 Å². The van der Waals surface area contributed by atoms with Crippen LogP contribution in [0.1, 0.15) is 44.1 Å². The lowest BCUT2D eigenvalue weighted by Gasteiger charge is -2.44. The summed E-state index contributed by atoms with van der Waals surface area (Å²) >= 11 is 0. The maximum Gasteiger partial charge on any atom is 0.229 e. The second kappa shape index (κ2) is 5.69. The Bertz CT molecular complexity index is 538. The fraction of sp³-hybridized carbons (Fsp3) is 0.632. The molecule has 1 amide bonds. The van der Waals surface area contributed by atoms with Gasteiger partial charge in [-0.25, -0.2) is 0 Å². The molecule has 2 heterocycles. The van der Waals surface area contributed by atoms with Crippen molar-refractivity contribution in [3.63, 3.8) is 0 Å². The molecule has 2 unspecified atom stereocenters. The summed E-state index contributed by atoms with van der Waals surface area (Å²) in [7, 11) is 0. The van der Waals surface area contributed by atoms with Crippen molar-refractivity contribution in [3.05, 3.63) is 35.9 Å². The van der Waals surface area contributed by atoms with E-state index in [4.69, 9.17) is 0 Å². The van der Waals surface area contributed by atoms with Gasteiger partial charge < -0.3 is 10.2 Å². The first-order valence-electron chi connectivity index (χ1n) is 8.85. The van der Waals surface area contributed by atoms with Gasteiger partial charge in [0.05, 0.1) is 5.41 Å². The molecular formula is C19H26N2O. The Labute approximate surface area is 133 Å². The summed E-state index contributed by atoms with van der Waals surface area (Å²) in [5, 5.41) is 3.68. The number of rotatable bonds is 3. The number of carbonyl (C=O) groups excluding carboxylic acids is 1. The largest absolute Gasteiger partial charge is 0.341 e. The number of benzene rings is 1. The molecule has 22 heavy (non-hydrogen) atoms. The van der Waals surface area contributed by atoms with Crippen molar-refractivity contribution in [3.8, 4) is 0 Å². The molecule has 3 fully saturated rings. The Hall–Kier alpha value is -1.35. The van der Waals surface area contributed by atoms with Gasteiger partial charge in [-0.2, -0.15) is 0 Å². The van der Waals surface area contributed by atoms with Crippen molar-refractivity contribution in [2.75, 3.05) is 13.1 Å². The van der Waals surface area contributed by atoms with Crippen molar-refractivity contribution >= 4 is 5.91 Å². The van der Waals surface area contributed by atoms with Gasteiger partial charge in [0, 0.05) is 25.2 Å². The van der Waals surface area contributed by atoms with Gasteiger partial charge in [0.15, 0.2) is 0 Å². The van der Waals surface area contributed by atoms with Crippen LogP contribution in [0.3, 0.4) is 0 Å². The van der Waals surface area contributed by atoms with E-state index in [0.29, 0.717) is 18.0 Å². The normalized spacial score (nSPS) is 29.7. The Morgan fingerprint density at radius 1 is 1.14 bits per heavy atom. The van der Waals surface area contributed by atoms with Crippen molar-refractivity contribution < 1.29 is 4.79 Å². The van der Waals surface area contributed by atoms with E-state index in [9.17, 15) is 4.79 Å². The van der Waals surface area contributed by atoms with Gasteiger partial charge in [0.25, 0.3) is 0 Å². The highest BCUT2D eigenvalue weighted by Crippen LogP contribution is 2.45. The molecule has 2 aliphatic heterocycles. The maximum atomic E-state index is 13.2. The van der Waals surface area contributed by atoms with Crippen LogP contribution in [0.25, 0.3) is 0 Å². The van der Waals surface area contributed by atoms with E-state index in [1.807, 2.05) is 0 Å². The van der Waals surface area contributed by atoms with Gasteiger partial charge >= 0.3 is 0 Å². The minimum Gasteiger partial charge on any atom is -0.341 e. The molecule has 0 spiro atoms. The third kappa shape index (κ3) is 2.56. The van der Waals surface area contributed by atoms with Gasteiger partial charge in [-0.15, -0.1) is 0 Å². The van der Waals surface area contributed by atoms with Crippen LogP contribution in [-0.4, -0.2) is 36.0 Å². The first kappa shape index (κ1) is 14.3.